The Morgan fingerprint density at radius 1 is 1.44 bits per heavy atom. The molecule has 4 nitrogen and oxygen atoms in total. The lowest BCUT2D eigenvalue weighted by atomic mass is 10.3. The molecule has 16 heavy (non-hydrogen) atoms. The highest BCUT2D eigenvalue weighted by Crippen LogP contribution is 2.29. The Labute approximate surface area is 104 Å². The number of ether oxygens (including phenoxy) is 1. The van der Waals surface area contributed by atoms with Gasteiger partial charge in [0, 0.05) is 13.7 Å². The maximum atomic E-state index is 11.4. The first-order valence-corrected chi connectivity index (χ1v) is 5.38. The van der Waals surface area contributed by atoms with Crippen molar-refractivity contribution in [3.05, 3.63) is 28.2 Å². The van der Waals surface area contributed by atoms with Crippen LogP contribution in [0.1, 0.15) is 0 Å². The van der Waals surface area contributed by atoms with E-state index in [1.54, 1.807) is 25.3 Å². The number of hydrogen-bond donors (Lipinski definition) is 2. The van der Waals surface area contributed by atoms with Crippen LogP contribution in [0.15, 0.2) is 18.2 Å². The van der Waals surface area contributed by atoms with Crippen LogP contribution in [0.2, 0.25) is 10.0 Å². The van der Waals surface area contributed by atoms with Crippen LogP contribution in [0.25, 0.3) is 0 Å². The van der Waals surface area contributed by atoms with Crippen LogP contribution in [0.5, 0.6) is 0 Å². The van der Waals surface area contributed by atoms with Gasteiger partial charge in [-0.3, -0.25) is 0 Å². The average molecular weight is 263 g/mol. The number of nitrogens with one attached hydrogen (secondary N) is 2. The van der Waals surface area contributed by atoms with Gasteiger partial charge < -0.3 is 15.4 Å². The van der Waals surface area contributed by atoms with E-state index in [9.17, 15) is 4.79 Å². The Morgan fingerprint density at radius 2 is 2.19 bits per heavy atom. The van der Waals surface area contributed by atoms with Crippen LogP contribution in [-0.4, -0.2) is 26.3 Å². The van der Waals surface area contributed by atoms with E-state index < -0.39 is 0 Å². The number of urea groups is 1. The van der Waals surface area contributed by atoms with Crippen LogP contribution < -0.4 is 10.6 Å². The lowest BCUT2D eigenvalue weighted by Gasteiger charge is -2.09. The summed E-state index contributed by atoms with van der Waals surface area (Å²) in [6.45, 7) is 0.886. The summed E-state index contributed by atoms with van der Waals surface area (Å²) in [6, 6.07) is 4.68. The van der Waals surface area contributed by atoms with E-state index in [1.165, 1.54) is 0 Å². The molecule has 0 spiro atoms. The fourth-order valence-electron chi connectivity index (χ4n) is 1.03. The molecule has 0 radical (unpaired) electrons. The second-order valence-electron chi connectivity index (χ2n) is 2.98. The van der Waals surface area contributed by atoms with Crippen LogP contribution >= 0.6 is 23.2 Å². The monoisotopic (exact) mass is 262 g/mol. The normalized spacial score (nSPS) is 9.94. The van der Waals surface area contributed by atoms with Gasteiger partial charge in [0.15, 0.2) is 0 Å². The van der Waals surface area contributed by atoms with Crippen molar-refractivity contribution < 1.29 is 9.53 Å². The van der Waals surface area contributed by atoms with Crippen LogP contribution in [0, 0.1) is 0 Å². The number of hydrogen-bond acceptors (Lipinski definition) is 2. The molecule has 88 valence electrons. The van der Waals surface area contributed by atoms with E-state index >= 15 is 0 Å². The quantitative estimate of drug-likeness (QED) is 0.820. The van der Waals surface area contributed by atoms with E-state index in [1.807, 2.05) is 0 Å². The van der Waals surface area contributed by atoms with E-state index in [0.717, 1.165) is 0 Å². The molecule has 0 unspecified atom stereocenters. The Kier molecular flexibility index (Phi) is 5.38. The molecule has 0 fully saturated rings. The maximum Gasteiger partial charge on any atom is 0.319 e. The van der Waals surface area contributed by atoms with Gasteiger partial charge in [-0.25, -0.2) is 4.79 Å². The number of carbonyl (C=O) groups excluding carboxylic acids is 1. The lowest BCUT2D eigenvalue weighted by Crippen LogP contribution is -2.31. The molecular weight excluding hydrogens is 251 g/mol. The smallest absolute Gasteiger partial charge is 0.319 e. The summed E-state index contributed by atoms with van der Waals surface area (Å²) in [5.74, 6) is 0. The Morgan fingerprint density at radius 3 is 2.88 bits per heavy atom. The Balaban J connectivity index is 2.53. The van der Waals surface area contributed by atoms with Gasteiger partial charge in [0.1, 0.15) is 0 Å². The molecule has 0 aliphatic carbocycles. The Hall–Kier alpha value is -0.970. The number of carbonyl (C=O) groups is 1. The number of amides is 2. The molecule has 2 amide bonds. The highest BCUT2D eigenvalue weighted by Gasteiger charge is 2.07. The number of halogens is 2. The van der Waals surface area contributed by atoms with Gasteiger partial charge >= 0.3 is 6.03 Å². The predicted molar refractivity (Wildman–Crippen MR) is 65.4 cm³/mol. The van der Waals surface area contributed by atoms with E-state index in [-0.39, 0.29) is 6.03 Å². The molecule has 1 aromatic carbocycles. The zero-order valence-electron chi connectivity index (χ0n) is 8.72. The molecule has 0 aliphatic heterocycles. The van der Waals surface area contributed by atoms with Crippen molar-refractivity contribution >= 4 is 34.9 Å². The summed E-state index contributed by atoms with van der Waals surface area (Å²) in [4.78, 5) is 11.4. The van der Waals surface area contributed by atoms with Gasteiger partial charge in [0.05, 0.1) is 22.3 Å². The molecule has 1 rings (SSSR count). The minimum Gasteiger partial charge on any atom is -0.383 e. The fourth-order valence-corrected chi connectivity index (χ4v) is 1.38. The highest BCUT2D eigenvalue weighted by atomic mass is 35.5. The summed E-state index contributed by atoms with van der Waals surface area (Å²) >= 11 is 11.7. The zero-order chi connectivity index (χ0) is 12.0. The van der Waals surface area contributed by atoms with Crippen molar-refractivity contribution in [1.29, 1.82) is 0 Å². The van der Waals surface area contributed by atoms with Crippen molar-refractivity contribution in [3.63, 3.8) is 0 Å². The van der Waals surface area contributed by atoms with E-state index in [2.05, 4.69) is 10.6 Å². The topological polar surface area (TPSA) is 50.4 Å². The predicted octanol–water partition coefficient (Wildman–Crippen LogP) is 2.76. The summed E-state index contributed by atoms with van der Waals surface area (Å²) in [5.41, 5.74) is 0.476. The molecule has 0 aliphatic rings. The third-order valence-electron chi connectivity index (χ3n) is 1.79. The van der Waals surface area contributed by atoms with Crippen LogP contribution in [0.3, 0.4) is 0 Å². The largest absolute Gasteiger partial charge is 0.383 e. The Bertz CT molecular complexity index is 372. The highest BCUT2D eigenvalue weighted by molar-refractivity contribution is 6.43. The standard InChI is InChI=1S/C10H12Cl2N2O2/c1-16-6-5-13-10(15)14-8-4-2-3-7(11)9(8)12/h2-4H,5-6H2,1H3,(H2,13,14,15). The van der Waals surface area contributed by atoms with Crippen molar-refractivity contribution in [2.24, 2.45) is 0 Å². The number of methoxy groups -OCH3 is 1. The first-order chi connectivity index (χ1) is 7.65. The van der Waals surface area contributed by atoms with Crippen molar-refractivity contribution in [2.45, 2.75) is 0 Å². The second-order valence-corrected chi connectivity index (χ2v) is 3.76. The lowest BCUT2D eigenvalue weighted by molar-refractivity contribution is 0.198. The first-order valence-electron chi connectivity index (χ1n) is 4.63. The van der Waals surface area contributed by atoms with Gasteiger partial charge in [-0.1, -0.05) is 29.3 Å². The van der Waals surface area contributed by atoms with E-state index in [4.69, 9.17) is 27.9 Å². The minimum atomic E-state index is -0.346. The van der Waals surface area contributed by atoms with E-state index in [0.29, 0.717) is 28.9 Å². The zero-order valence-corrected chi connectivity index (χ0v) is 10.2. The molecular formula is C10H12Cl2N2O2. The summed E-state index contributed by atoms with van der Waals surface area (Å²) < 4.78 is 4.80. The molecule has 0 atom stereocenters. The first kappa shape index (κ1) is 13.1. The molecule has 0 bridgehead atoms. The minimum absolute atomic E-state index is 0.325. The third kappa shape index (κ3) is 3.89. The number of rotatable bonds is 4. The van der Waals surface area contributed by atoms with Gasteiger partial charge in [0.2, 0.25) is 0 Å². The SMILES string of the molecule is COCCNC(=O)Nc1cccc(Cl)c1Cl. The number of anilines is 1. The summed E-state index contributed by atoms with van der Waals surface area (Å²) in [5, 5.41) is 5.91. The van der Waals surface area contributed by atoms with Crippen molar-refractivity contribution in [2.75, 3.05) is 25.6 Å². The van der Waals surface area contributed by atoms with Gasteiger partial charge in [-0.05, 0) is 12.1 Å². The maximum absolute atomic E-state index is 11.4. The molecule has 6 heteroatoms. The van der Waals surface area contributed by atoms with Crippen molar-refractivity contribution in [3.8, 4) is 0 Å². The van der Waals surface area contributed by atoms with Gasteiger partial charge in [0.25, 0.3) is 0 Å². The van der Waals surface area contributed by atoms with Gasteiger partial charge in [-0.2, -0.15) is 0 Å². The third-order valence-corrected chi connectivity index (χ3v) is 2.61. The summed E-state index contributed by atoms with van der Waals surface area (Å²) in [6.07, 6.45) is 0. The average Bonchev–Trinajstić information content (AvgIpc) is 2.25. The second kappa shape index (κ2) is 6.58. The molecule has 2 N–H and O–H groups in total. The van der Waals surface area contributed by atoms with Gasteiger partial charge in [-0.15, -0.1) is 0 Å². The summed E-state index contributed by atoms with van der Waals surface area (Å²) in [7, 11) is 1.56. The fraction of sp³-hybridized carbons (Fsp3) is 0.300. The molecule has 0 heterocycles. The molecule has 1 aromatic rings. The van der Waals surface area contributed by atoms with Crippen LogP contribution in [0.4, 0.5) is 10.5 Å². The molecule has 0 saturated heterocycles. The number of benzene rings is 1. The molecule has 0 aromatic heterocycles. The van der Waals surface area contributed by atoms with Crippen molar-refractivity contribution in [1.82, 2.24) is 5.32 Å². The molecule has 0 saturated carbocycles. The van der Waals surface area contributed by atoms with Crippen LogP contribution in [-0.2, 0) is 4.74 Å².